The third kappa shape index (κ3) is 4.55. The lowest BCUT2D eigenvalue weighted by molar-refractivity contribution is -0.130. The maximum absolute atomic E-state index is 11.8. The van der Waals surface area contributed by atoms with Crippen molar-refractivity contribution in [3.05, 3.63) is 35.9 Å². The molecule has 23 heavy (non-hydrogen) atoms. The summed E-state index contributed by atoms with van der Waals surface area (Å²) in [7, 11) is 0. The van der Waals surface area contributed by atoms with Crippen molar-refractivity contribution in [3.63, 3.8) is 0 Å². The van der Waals surface area contributed by atoms with E-state index in [1.54, 1.807) is 6.92 Å². The van der Waals surface area contributed by atoms with Crippen LogP contribution in [0, 0.1) is 0 Å². The number of β-amino-alcohol motifs (C(OH)–C–C–N with tert-alkyl or cyclic N) is 1. The second-order valence-electron chi connectivity index (χ2n) is 7.04. The fourth-order valence-electron chi connectivity index (χ4n) is 3.71. The van der Waals surface area contributed by atoms with Gasteiger partial charge in [0.15, 0.2) is 0 Å². The molecular weight excluding hydrogens is 288 g/mol. The van der Waals surface area contributed by atoms with E-state index >= 15 is 0 Å². The Morgan fingerprint density at radius 2 is 2.04 bits per heavy atom. The van der Waals surface area contributed by atoms with Crippen LogP contribution in [0.15, 0.2) is 30.3 Å². The minimum absolute atomic E-state index is 0.198. The van der Waals surface area contributed by atoms with Gasteiger partial charge in [0.2, 0.25) is 5.91 Å². The molecule has 1 saturated carbocycles. The van der Waals surface area contributed by atoms with Crippen molar-refractivity contribution in [1.82, 2.24) is 9.80 Å². The summed E-state index contributed by atoms with van der Waals surface area (Å²) in [4.78, 5) is 16.3. The quantitative estimate of drug-likeness (QED) is 0.837. The number of aliphatic hydroxyl groups is 1. The third-order valence-corrected chi connectivity index (χ3v) is 5.06. The molecule has 1 N–H and O–H groups in total. The normalized spacial score (nSPS) is 23.0. The molecule has 1 aliphatic carbocycles. The summed E-state index contributed by atoms with van der Waals surface area (Å²) in [5, 5.41) is 10.4. The number of carbonyl (C=O) groups is 1. The van der Waals surface area contributed by atoms with Gasteiger partial charge in [-0.2, -0.15) is 0 Å². The second-order valence-corrected chi connectivity index (χ2v) is 7.04. The van der Waals surface area contributed by atoms with Crippen LogP contribution in [0.4, 0.5) is 0 Å². The smallest absolute Gasteiger partial charge is 0.219 e. The highest BCUT2D eigenvalue weighted by Crippen LogP contribution is 2.29. The number of carbonyl (C=O) groups excluding carboxylic acids is 1. The third-order valence-electron chi connectivity index (χ3n) is 5.06. The first-order chi connectivity index (χ1) is 11.1. The fraction of sp³-hybridized carbons (Fsp3) is 0.632. The molecule has 1 heterocycles. The minimum Gasteiger partial charge on any atom is -0.391 e. The van der Waals surface area contributed by atoms with Crippen molar-refractivity contribution < 1.29 is 9.90 Å². The lowest BCUT2D eigenvalue weighted by Gasteiger charge is -2.31. The first-order valence-electron chi connectivity index (χ1n) is 8.86. The van der Waals surface area contributed by atoms with Gasteiger partial charge < -0.3 is 10.0 Å². The largest absolute Gasteiger partial charge is 0.391 e. The van der Waals surface area contributed by atoms with Crippen molar-refractivity contribution in [2.45, 2.75) is 57.2 Å². The zero-order valence-corrected chi connectivity index (χ0v) is 14.0. The number of amides is 1. The minimum atomic E-state index is -0.343. The molecule has 3 rings (SSSR count). The molecule has 126 valence electrons. The fourth-order valence-corrected chi connectivity index (χ4v) is 3.71. The topological polar surface area (TPSA) is 43.8 Å². The molecule has 1 aromatic rings. The summed E-state index contributed by atoms with van der Waals surface area (Å²) in [6, 6.07) is 11.0. The van der Waals surface area contributed by atoms with E-state index in [1.165, 1.54) is 12.0 Å². The molecule has 0 aromatic heterocycles. The summed E-state index contributed by atoms with van der Waals surface area (Å²) in [6.45, 7) is 4.25. The zero-order chi connectivity index (χ0) is 16.2. The molecular formula is C19H28N2O2. The van der Waals surface area contributed by atoms with Gasteiger partial charge in [-0.1, -0.05) is 30.3 Å². The first kappa shape index (κ1) is 16.5. The summed E-state index contributed by atoms with van der Waals surface area (Å²) in [5.74, 6) is 0.198. The van der Waals surface area contributed by atoms with E-state index in [0.29, 0.717) is 25.0 Å². The molecule has 4 nitrogen and oxygen atoms in total. The summed E-state index contributed by atoms with van der Waals surface area (Å²) < 4.78 is 0. The van der Waals surface area contributed by atoms with Crippen molar-refractivity contribution in [2.24, 2.45) is 0 Å². The Hall–Kier alpha value is -1.39. The number of likely N-dealkylation sites (tertiary alicyclic amines) is 1. The van der Waals surface area contributed by atoms with Crippen LogP contribution in [0.5, 0.6) is 0 Å². The average molecular weight is 316 g/mol. The van der Waals surface area contributed by atoms with E-state index in [0.717, 1.165) is 32.4 Å². The zero-order valence-electron chi connectivity index (χ0n) is 14.0. The van der Waals surface area contributed by atoms with Crippen LogP contribution in [-0.2, 0) is 11.2 Å². The number of hydrogen-bond donors (Lipinski definition) is 1. The van der Waals surface area contributed by atoms with Crippen molar-refractivity contribution >= 4 is 5.91 Å². The Balaban J connectivity index is 1.53. The number of nitrogens with zero attached hydrogens (tertiary/aromatic N) is 2. The average Bonchev–Trinajstić information content (AvgIpc) is 3.27. The molecule has 1 amide bonds. The first-order valence-corrected chi connectivity index (χ1v) is 8.86. The molecule has 0 bridgehead atoms. The number of rotatable bonds is 7. The van der Waals surface area contributed by atoms with Crippen molar-refractivity contribution in [1.29, 1.82) is 0 Å². The van der Waals surface area contributed by atoms with Gasteiger partial charge in [0.25, 0.3) is 0 Å². The lowest BCUT2D eigenvalue weighted by atomic mass is 10.1. The van der Waals surface area contributed by atoms with Gasteiger partial charge in [-0.3, -0.25) is 9.69 Å². The van der Waals surface area contributed by atoms with Crippen molar-refractivity contribution in [2.75, 3.05) is 19.6 Å². The summed E-state index contributed by atoms with van der Waals surface area (Å²) in [6.07, 6.45) is 4.97. The van der Waals surface area contributed by atoms with Gasteiger partial charge in [0, 0.05) is 32.1 Å². The predicted molar refractivity (Wildman–Crippen MR) is 91.2 cm³/mol. The monoisotopic (exact) mass is 316 g/mol. The molecule has 0 radical (unpaired) electrons. The van der Waals surface area contributed by atoms with Gasteiger partial charge in [-0.05, 0) is 44.2 Å². The van der Waals surface area contributed by atoms with Gasteiger partial charge in [-0.25, -0.2) is 0 Å². The van der Waals surface area contributed by atoms with Crippen LogP contribution in [0.1, 0.15) is 38.2 Å². The SMILES string of the molecule is CC(=O)N(C[C@H]1CCCN1C[C@H](O)Cc1ccccc1)C1CC1. The Kier molecular flexibility index (Phi) is 5.34. The maximum atomic E-state index is 11.8. The van der Waals surface area contributed by atoms with Crippen LogP contribution >= 0.6 is 0 Å². The molecule has 1 saturated heterocycles. The van der Waals surface area contributed by atoms with Gasteiger partial charge >= 0.3 is 0 Å². The molecule has 1 aliphatic heterocycles. The summed E-state index contributed by atoms with van der Waals surface area (Å²) in [5.41, 5.74) is 1.18. The van der Waals surface area contributed by atoms with Crippen LogP contribution in [0.3, 0.4) is 0 Å². The van der Waals surface area contributed by atoms with E-state index in [9.17, 15) is 9.90 Å². The highest BCUT2D eigenvalue weighted by molar-refractivity contribution is 5.74. The Morgan fingerprint density at radius 3 is 2.70 bits per heavy atom. The van der Waals surface area contributed by atoms with E-state index < -0.39 is 0 Å². The number of aliphatic hydroxyl groups excluding tert-OH is 1. The number of benzene rings is 1. The second kappa shape index (κ2) is 7.45. The van der Waals surface area contributed by atoms with Crippen LogP contribution in [-0.4, -0.2) is 58.6 Å². The summed E-state index contributed by atoms with van der Waals surface area (Å²) >= 11 is 0. The molecule has 0 unspecified atom stereocenters. The molecule has 2 aliphatic rings. The highest BCUT2D eigenvalue weighted by Gasteiger charge is 2.35. The van der Waals surface area contributed by atoms with Gasteiger partial charge in [-0.15, -0.1) is 0 Å². The standard InChI is InChI=1S/C19H28N2O2/c1-15(22)21(17-9-10-17)13-18-8-5-11-20(18)14-19(23)12-16-6-3-2-4-7-16/h2-4,6-7,17-19,23H,5,8-14H2,1H3/t18-,19-/m1/s1. The molecule has 0 spiro atoms. The van der Waals surface area contributed by atoms with E-state index in [2.05, 4.69) is 17.0 Å². The van der Waals surface area contributed by atoms with Gasteiger partial charge in [0.1, 0.15) is 0 Å². The molecule has 1 aromatic carbocycles. The lowest BCUT2D eigenvalue weighted by Crippen LogP contribution is -2.45. The predicted octanol–water partition coefficient (Wildman–Crippen LogP) is 2.07. The maximum Gasteiger partial charge on any atom is 0.219 e. The van der Waals surface area contributed by atoms with E-state index in [1.807, 2.05) is 23.1 Å². The molecule has 2 fully saturated rings. The Morgan fingerprint density at radius 1 is 1.30 bits per heavy atom. The van der Waals surface area contributed by atoms with Crippen LogP contribution in [0.2, 0.25) is 0 Å². The van der Waals surface area contributed by atoms with Crippen molar-refractivity contribution in [3.8, 4) is 0 Å². The molecule has 4 heteroatoms. The highest BCUT2D eigenvalue weighted by atomic mass is 16.3. The van der Waals surface area contributed by atoms with Gasteiger partial charge in [0.05, 0.1) is 6.10 Å². The van der Waals surface area contributed by atoms with Crippen LogP contribution in [0.25, 0.3) is 0 Å². The Bertz CT molecular complexity index is 515. The van der Waals surface area contributed by atoms with E-state index in [-0.39, 0.29) is 12.0 Å². The number of hydrogen-bond acceptors (Lipinski definition) is 3. The van der Waals surface area contributed by atoms with Crippen LogP contribution < -0.4 is 0 Å². The molecule has 2 atom stereocenters. The van der Waals surface area contributed by atoms with E-state index in [4.69, 9.17) is 0 Å². The Labute approximate surface area is 139 Å².